The number of unbranched alkanes of at least 4 members (excludes halogenated alkanes) is 1. The Labute approximate surface area is 207 Å². The first-order chi connectivity index (χ1) is 16.0. The van der Waals surface area contributed by atoms with Crippen molar-refractivity contribution in [3.05, 3.63) is 54.1 Å². The summed E-state index contributed by atoms with van der Waals surface area (Å²) in [5.41, 5.74) is 1.30. The van der Waals surface area contributed by atoms with E-state index in [-0.39, 0.29) is 29.6 Å². The third kappa shape index (κ3) is 9.39. The van der Waals surface area contributed by atoms with Gasteiger partial charge in [-0.05, 0) is 68.8 Å². The van der Waals surface area contributed by atoms with Gasteiger partial charge >= 0.3 is 5.97 Å². The van der Waals surface area contributed by atoms with Crippen molar-refractivity contribution < 1.29 is 24.2 Å². The summed E-state index contributed by atoms with van der Waals surface area (Å²) >= 11 is 0. The fourth-order valence-corrected chi connectivity index (χ4v) is 5.34. The Bertz CT molecular complexity index is 810. The van der Waals surface area contributed by atoms with Crippen LogP contribution < -0.4 is 4.74 Å². The van der Waals surface area contributed by atoms with E-state index in [9.17, 15) is 9.90 Å². The van der Waals surface area contributed by atoms with Crippen molar-refractivity contribution in [2.45, 2.75) is 96.1 Å². The molecule has 3 atom stereocenters. The average Bonchev–Trinajstić information content (AvgIpc) is 3.11. The van der Waals surface area contributed by atoms with Gasteiger partial charge < -0.3 is 19.4 Å². The lowest BCUT2D eigenvalue weighted by Crippen LogP contribution is -2.45. The molecule has 0 amide bonds. The molecule has 0 fully saturated rings. The van der Waals surface area contributed by atoms with Crippen LogP contribution in [0.1, 0.15) is 65.7 Å². The zero-order valence-corrected chi connectivity index (χ0v) is 22.6. The van der Waals surface area contributed by atoms with Gasteiger partial charge in [-0.2, -0.15) is 0 Å². The molecule has 1 aliphatic rings. The van der Waals surface area contributed by atoms with E-state index in [1.54, 1.807) is 0 Å². The number of carbonyl (C=O) groups is 1. The number of hydrogen-bond donors (Lipinski definition) is 2. The maximum Gasteiger partial charge on any atom is 0.303 e. The zero-order chi connectivity index (χ0) is 25.2. The maximum atomic E-state index is 10.6. The normalized spacial score (nSPS) is 19.9. The fourth-order valence-electron chi connectivity index (χ4n) is 3.97. The molecule has 0 radical (unpaired) electrons. The highest BCUT2D eigenvalue weighted by molar-refractivity contribution is 6.74. The summed E-state index contributed by atoms with van der Waals surface area (Å²) in [6.45, 7) is 11.8. The number of hydrogen-bond acceptors (Lipinski definition) is 4. The number of aliphatic carboxylic acids is 1. The number of aliphatic hydroxyl groups is 1. The largest absolute Gasteiger partial charge is 0.491 e. The minimum Gasteiger partial charge on any atom is -0.491 e. The number of carboxylic acid groups (broad SMARTS) is 1. The molecule has 0 aliphatic heterocycles. The van der Waals surface area contributed by atoms with Gasteiger partial charge in [0.15, 0.2) is 8.32 Å². The van der Waals surface area contributed by atoms with Crippen LogP contribution in [-0.4, -0.2) is 43.3 Å². The van der Waals surface area contributed by atoms with E-state index in [1.165, 1.54) is 5.57 Å². The van der Waals surface area contributed by atoms with E-state index in [1.807, 2.05) is 36.4 Å². The third-order valence-corrected chi connectivity index (χ3v) is 11.6. The molecule has 190 valence electrons. The van der Waals surface area contributed by atoms with Crippen molar-refractivity contribution in [2.24, 2.45) is 5.92 Å². The lowest BCUT2D eigenvalue weighted by molar-refractivity contribution is -0.137. The highest BCUT2D eigenvalue weighted by Crippen LogP contribution is 2.39. The van der Waals surface area contributed by atoms with Gasteiger partial charge in [-0.3, -0.25) is 4.79 Å². The molecule has 2 rings (SSSR count). The number of carboxylic acids is 1. The van der Waals surface area contributed by atoms with Gasteiger partial charge in [-0.1, -0.05) is 62.8 Å². The van der Waals surface area contributed by atoms with Gasteiger partial charge in [-0.15, -0.1) is 0 Å². The van der Waals surface area contributed by atoms with Gasteiger partial charge in [0, 0.05) is 12.3 Å². The van der Waals surface area contributed by atoms with Crippen LogP contribution in [0.5, 0.6) is 5.75 Å². The monoisotopic (exact) mass is 488 g/mol. The predicted molar refractivity (Wildman–Crippen MR) is 141 cm³/mol. The zero-order valence-electron chi connectivity index (χ0n) is 21.6. The molecule has 0 saturated heterocycles. The number of para-hydroxylation sites is 1. The third-order valence-electron chi connectivity index (χ3n) is 7.08. The van der Waals surface area contributed by atoms with E-state index < -0.39 is 14.3 Å². The van der Waals surface area contributed by atoms with Crippen LogP contribution >= 0.6 is 0 Å². The lowest BCUT2D eigenvalue weighted by Gasteiger charge is -2.39. The molecule has 5 nitrogen and oxygen atoms in total. The molecular formula is C28H44O5Si. The van der Waals surface area contributed by atoms with Crippen molar-refractivity contribution in [3.63, 3.8) is 0 Å². The quantitative estimate of drug-likeness (QED) is 0.172. The first kappa shape index (κ1) is 28.3. The van der Waals surface area contributed by atoms with Crippen molar-refractivity contribution in [3.8, 4) is 5.75 Å². The summed E-state index contributed by atoms with van der Waals surface area (Å²) in [6, 6.07) is 9.87. The Kier molecular flexibility index (Phi) is 11.1. The van der Waals surface area contributed by atoms with Crippen molar-refractivity contribution in [1.82, 2.24) is 0 Å². The van der Waals surface area contributed by atoms with Gasteiger partial charge in [0.1, 0.15) is 12.4 Å². The Morgan fingerprint density at radius 2 is 1.91 bits per heavy atom. The van der Waals surface area contributed by atoms with E-state index in [0.717, 1.165) is 31.4 Å². The molecule has 34 heavy (non-hydrogen) atoms. The number of benzene rings is 1. The SMILES string of the molecule is CC(C)(C)[Si](C)(C)O[C@@H](CCC1=CC[C@H](O)[C@@H]1C/C=C\CCCC(=O)O)COc1ccccc1. The molecule has 0 aromatic heterocycles. The molecule has 0 unspecified atom stereocenters. The highest BCUT2D eigenvalue weighted by atomic mass is 28.4. The number of allylic oxidation sites excluding steroid dienone is 2. The second-order valence-corrected chi connectivity index (χ2v) is 15.6. The molecule has 1 aromatic rings. The van der Waals surface area contributed by atoms with Gasteiger partial charge in [0.05, 0.1) is 12.2 Å². The molecule has 1 aromatic carbocycles. The number of ether oxygens (including phenoxy) is 1. The van der Waals surface area contributed by atoms with Gasteiger partial charge in [-0.25, -0.2) is 0 Å². The van der Waals surface area contributed by atoms with Gasteiger partial charge in [0.2, 0.25) is 0 Å². The van der Waals surface area contributed by atoms with Crippen molar-refractivity contribution in [1.29, 1.82) is 0 Å². The van der Waals surface area contributed by atoms with E-state index in [4.69, 9.17) is 14.3 Å². The van der Waals surface area contributed by atoms with E-state index >= 15 is 0 Å². The summed E-state index contributed by atoms with van der Waals surface area (Å²) in [4.78, 5) is 10.6. The molecule has 0 bridgehead atoms. The van der Waals surface area contributed by atoms with Crippen LogP contribution in [0.2, 0.25) is 18.1 Å². The summed E-state index contributed by atoms with van der Waals surface area (Å²) in [7, 11) is -1.96. The number of aliphatic hydroxyl groups excluding tert-OH is 1. The average molecular weight is 489 g/mol. The van der Waals surface area contributed by atoms with Crippen LogP contribution in [0.3, 0.4) is 0 Å². The second kappa shape index (κ2) is 13.3. The van der Waals surface area contributed by atoms with E-state index in [2.05, 4.69) is 46.0 Å². The molecular weight excluding hydrogens is 444 g/mol. The molecule has 0 saturated carbocycles. The van der Waals surface area contributed by atoms with Crippen LogP contribution in [-0.2, 0) is 9.22 Å². The first-order valence-corrected chi connectivity index (χ1v) is 15.5. The Balaban J connectivity index is 1.96. The van der Waals surface area contributed by atoms with E-state index in [0.29, 0.717) is 19.4 Å². The van der Waals surface area contributed by atoms with Crippen molar-refractivity contribution >= 4 is 14.3 Å². The van der Waals surface area contributed by atoms with Crippen molar-refractivity contribution in [2.75, 3.05) is 6.61 Å². The maximum absolute atomic E-state index is 10.6. The Morgan fingerprint density at radius 1 is 1.21 bits per heavy atom. The second-order valence-electron chi connectivity index (χ2n) is 10.8. The Morgan fingerprint density at radius 3 is 2.56 bits per heavy atom. The van der Waals surface area contributed by atoms with Crippen LogP contribution in [0.4, 0.5) is 0 Å². The first-order valence-electron chi connectivity index (χ1n) is 12.6. The predicted octanol–water partition coefficient (Wildman–Crippen LogP) is 6.74. The topological polar surface area (TPSA) is 76.0 Å². The standard InChI is InChI=1S/C28H44O5Si/c1-28(2,3)34(4,5)33-24(21-32-23-13-9-8-10-14-23)19-17-22-18-20-26(29)25(22)15-11-6-7-12-16-27(30)31/h6,8-11,13-14,18,24-26,29H,7,12,15-17,19-21H2,1-5H3,(H,30,31)/b11-6-/t24-,25+,26-/m0/s1. The molecule has 1 aliphatic carbocycles. The Hall–Kier alpha value is -1.89. The summed E-state index contributed by atoms with van der Waals surface area (Å²) in [6.07, 6.45) is 10.8. The minimum atomic E-state index is -1.96. The fraction of sp³-hybridized carbons (Fsp3) is 0.607. The summed E-state index contributed by atoms with van der Waals surface area (Å²) in [5.74, 6) is 0.225. The summed E-state index contributed by atoms with van der Waals surface area (Å²) < 4.78 is 12.8. The molecule has 0 spiro atoms. The minimum absolute atomic E-state index is 0.00745. The number of rotatable bonds is 14. The lowest BCUT2D eigenvalue weighted by atomic mass is 9.91. The molecule has 6 heteroatoms. The molecule has 2 N–H and O–H groups in total. The van der Waals surface area contributed by atoms with Crippen LogP contribution in [0, 0.1) is 5.92 Å². The highest BCUT2D eigenvalue weighted by Gasteiger charge is 2.39. The van der Waals surface area contributed by atoms with Crippen LogP contribution in [0.15, 0.2) is 54.1 Å². The summed E-state index contributed by atoms with van der Waals surface area (Å²) in [5, 5.41) is 19.4. The van der Waals surface area contributed by atoms with Crippen LogP contribution in [0.25, 0.3) is 0 Å². The van der Waals surface area contributed by atoms with Gasteiger partial charge in [0.25, 0.3) is 0 Å². The molecule has 0 heterocycles. The smallest absolute Gasteiger partial charge is 0.303 e.